The van der Waals surface area contributed by atoms with Crippen molar-refractivity contribution < 1.29 is 0 Å². The third-order valence-corrected chi connectivity index (χ3v) is 3.71. The van der Waals surface area contributed by atoms with Crippen LogP contribution < -0.4 is 5.73 Å². The lowest BCUT2D eigenvalue weighted by molar-refractivity contribution is 0.612. The fourth-order valence-corrected chi connectivity index (χ4v) is 2.78. The highest BCUT2D eigenvalue weighted by Gasteiger charge is 2.15. The Balaban J connectivity index is 2.48. The molecule has 0 unspecified atom stereocenters. The molecule has 0 aliphatic carbocycles. The number of aromatic nitrogens is 2. The summed E-state index contributed by atoms with van der Waals surface area (Å²) >= 11 is 12.1. The van der Waals surface area contributed by atoms with Crippen molar-refractivity contribution in [3.8, 4) is 11.3 Å². The number of rotatable bonds is 5. The molecule has 0 amide bonds. The summed E-state index contributed by atoms with van der Waals surface area (Å²) in [5, 5.41) is 1.18. The smallest absolute Gasteiger partial charge is 0.131 e. The van der Waals surface area contributed by atoms with E-state index in [0.717, 1.165) is 42.9 Å². The van der Waals surface area contributed by atoms with Gasteiger partial charge in [-0.2, -0.15) is 0 Å². The van der Waals surface area contributed by atoms with Gasteiger partial charge in [0.1, 0.15) is 17.3 Å². The van der Waals surface area contributed by atoms with Crippen molar-refractivity contribution in [1.29, 1.82) is 0 Å². The summed E-state index contributed by atoms with van der Waals surface area (Å²) in [6, 6.07) is 5.39. The van der Waals surface area contributed by atoms with Crippen LogP contribution in [-0.2, 0) is 13.0 Å². The first-order chi connectivity index (χ1) is 9.56. The van der Waals surface area contributed by atoms with Crippen molar-refractivity contribution in [2.24, 2.45) is 0 Å². The van der Waals surface area contributed by atoms with Crippen LogP contribution in [-0.4, -0.2) is 9.55 Å². The summed E-state index contributed by atoms with van der Waals surface area (Å²) in [5.41, 5.74) is 7.90. The number of anilines is 1. The van der Waals surface area contributed by atoms with Gasteiger partial charge in [-0.1, -0.05) is 43.5 Å². The zero-order chi connectivity index (χ0) is 14.7. The molecule has 0 spiro atoms. The zero-order valence-electron chi connectivity index (χ0n) is 11.8. The first-order valence-corrected chi connectivity index (χ1v) is 7.63. The summed E-state index contributed by atoms with van der Waals surface area (Å²) in [7, 11) is 0. The minimum absolute atomic E-state index is 0.591. The third kappa shape index (κ3) is 3.10. The van der Waals surface area contributed by atoms with Crippen LogP contribution in [0.3, 0.4) is 0 Å². The molecular weight excluding hydrogens is 293 g/mol. The molecular formula is C15H19Cl2N3. The number of hydrogen-bond donors (Lipinski definition) is 1. The Hall–Kier alpha value is -1.19. The molecule has 0 aliphatic heterocycles. The van der Waals surface area contributed by atoms with E-state index in [1.165, 1.54) is 0 Å². The number of nitrogens with two attached hydrogens (primary N) is 1. The van der Waals surface area contributed by atoms with E-state index in [-0.39, 0.29) is 0 Å². The fraction of sp³-hybridized carbons (Fsp3) is 0.400. The van der Waals surface area contributed by atoms with Crippen LogP contribution in [0.4, 0.5) is 5.82 Å². The molecule has 0 saturated carbocycles. The van der Waals surface area contributed by atoms with E-state index in [2.05, 4.69) is 23.4 Å². The maximum atomic E-state index is 6.27. The highest BCUT2D eigenvalue weighted by Crippen LogP contribution is 2.31. The minimum atomic E-state index is 0.591. The van der Waals surface area contributed by atoms with Gasteiger partial charge < -0.3 is 10.3 Å². The third-order valence-electron chi connectivity index (χ3n) is 3.27. The van der Waals surface area contributed by atoms with Crippen LogP contribution in [0.15, 0.2) is 18.2 Å². The monoisotopic (exact) mass is 311 g/mol. The second-order valence-electron chi connectivity index (χ2n) is 4.78. The molecule has 3 nitrogen and oxygen atoms in total. The molecule has 0 saturated heterocycles. The van der Waals surface area contributed by atoms with Gasteiger partial charge in [0.15, 0.2) is 0 Å². The van der Waals surface area contributed by atoms with Crippen molar-refractivity contribution in [2.45, 2.75) is 39.7 Å². The Labute approximate surface area is 129 Å². The van der Waals surface area contributed by atoms with E-state index in [1.54, 1.807) is 6.07 Å². The van der Waals surface area contributed by atoms with Gasteiger partial charge in [-0.05, 0) is 24.6 Å². The molecule has 0 atom stereocenters. The summed E-state index contributed by atoms with van der Waals surface area (Å²) in [6.45, 7) is 5.14. The molecule has 1 aromatic carbocycles. The van der Waals surface area contributed by atoms with E-state index in [0.29, 0.717) is 15.9 Å². The van der Waals surface area contributed by atoms with Crippen molar-refractivity contribution in [3.63, 3.8) is 0 Å². The highest BCUT2D eigenvalue weighted by molar-refractivity contribution is 6.35. The quantitative estimate of drug-likeness (QED) is 0.861. The van der Waals surface area contributed by atoms with Crippen molar-refractivity contribution in [2.75, 3.05) is 5.73 Å². The van der Waals surface area contributed by atoms with Gasteiger partial charge in [0.05, 0.1) is 0 Å². The SMILES string of the molecule is CCCCn1c(CC)nc(-c2cc(Cl)cc(Cl)c2)c1N. The standard InChI is InChI=1S/C15H19Cl2N3/c1-3-5-6-20-13(4-2)19-14(15(20)18)10-7-11(16)9-12(17)8-10/h7-9H,3-6,18H2,1-2H3. The van der Waals surface area contributed by atoms with Crippen LogP contribution in [0.25, 0.3) is 11.3 Å². The van der Waals surface area contributed by atoms with E-state index < -0.39 is 0 Å². The van der Waals surface area contributed by atoms with Gasteiger partial charge in [-0.3, -0.25) is 0 Å². The summed E-state index contributed by atoms with van der Waals surface area (Å²) in [5.74, 6) is 1.69. The Morgan fingerprint density at radius 2 is 1.80 bits per heavy atom. The zero-order valence-corrected chi connectivity index (χ0v) is 13.3. The molecule has 2 N–H and O–H groups in total. The number of nitrogen functional groups attached to an aromatic ring is 1. The van der Waals surface area contributed by atoms with Crippen LogP contribution in [0.1, 0.15) is 32.5 Å². The van der Waals surface area contributed by atoms with Crippen LogP contribution >= 0.6 is 23.2 Å². The van der Waals surface area contributed by atoms with Crippen molar-refractivity contribution >= 4 is 29.0 Å². The van der Waals surface area contributed by atoms with E-state index in [9.17, 15) is 0 Å². The molecule has 5 heteroatoms. The number of imidazole rings is 1. The van der Waals surface area contributed by atoms with Gasteiger partial charge in [-0.15, -0.1) is 0 Å². The number of hydrogen-bond acceptors (Lipinski definition) is 2. The molecule has 1 heterocycles. The van der Waals surface area contributed by atoms with Gasteiger partial charge in [0, 0.05) is 28.6 Å². The second-order valence-corrected chi connectivity index (χ2v) is 5.65. The molecule has 0 fully saturated rings. The lowest BCUT2D eigenvalue weighted by atomic mass is 10.1. The average Bonchev–Trinajstić information content (AvgIpc) is 2.72. The van der Waals surface area contributed by atoms with Crippen molar-refractivity contribution in [1.82, 2.24) is 9.55 Å². The molecule has 0 radical (unpaired) electrons. The Kier molecular flexibility index (Phi) is 4.95. The molecule has 2 rings (SSSR count). The largest absolute Gasteiger partial charge is 0.383 e. The predicted molar refractivity (Wildman–Crippen MR) is 86.4 cm³/mol. The van der Waals surface area contributed by atoms with Crippen molar-refractivity contribution in [3.05, 3.63) is 34.1 Å². The Morgan fingerprint density at radius 3 is 2.35 bits per heavy atom. The topological polar surface area (TPSA) is 43.8 Å². The maximum absolute atomic E-state index is 6.27. The fourth-order valence-electron chi connectivity index (χ4n) is 2.25. The number of halogens is 2. The molecule has 20 heavy (non-hydrogen) atoms. The molecule has 108 valence electrons. The average molecular weight is 312 g/mol. The van der Waals surface area contributed by atoms with Crippen LogP contribution in [0.5, 0.6) is 0 Å². The lowest BCUT2D eigenvalue weighted by Crippen LogP contribution is -2.06. The van der Waals surface area contributed by atoms with Crippen LogP contribution in [0.2, 0.25) is 10.0 Å². The first kappa shape index (κ1) is 15.2. The predicted octanol–water partition coefficient (Wildman–Crippen LogP) is 4.80. The number of nitrogens with zero attached hydrogens (tertiary/aromatic N) is 2. The Bertz CT molecular complexity index is 585. The highest BCUT2D eigenvalue weighted by atomic mass is 35.5. The van der Waals surface area contributed by atoms with Gasteiger partial charge >= 0.3 is 0 Å². The maximum Gasteiger partial charge on any atom is 0.131 e. The minimum Gasteiger partial charge on any atom is -0.383 e. The van der Waals surface area contributed by atoms with Gasteiger partial charge in [0.2, 0.25) is 0 Å². The summed E-state index contributed by atoms with van der Waals surface area (Å²) in [4.78, 5) is 4.65. The molecule has 2 aromatic rings. The Morgan fingerprint density at radius 1 is 1.15 bits per heavy atom. The van der Waals surface area contributed by atoms with E-state index in [1.807, 2.05) is 12.1 Å². The second kappa shape index (κ2) is 6.51. The summed E-state index contributed by atoms with van der Waals surface area (Å²) < 4.78 is 2.09. The van der Waals surface area contributed by atoms with E-state index in [4.69, 9.17) is 28.9 Å². The molecule has 0 aliphatic rings. The van der Waals surface area contributed by atoms with Crippen LogP contribution in [0, 0.1) is 0 Å². The van der Waals surface area contributed by atoms with Gasteiger partial charge in [-0.25, -0.2) is 4.98 Å². The molecule has 1 aromatic heterocycles. The lowest BCUT2D eigenvalue weighted by Gasteiger charge is -2.08. The first-order valence-electron chi connectivity index (χ1n) is 6.88. The van der Waals surface area contributed by atoms with Gasteiger partial charge in [0.25, 0.3) is 0 Å². The molecule has 0 bridgehead atoms. The summed E-state index contributed by atoms with van der Waals surface area (Å²) in [6.07, 6.45) is 3.06. The number of unbranched alkanes of at least 4 members (excludes halogenated alkanes) is 1. The number of benzene rings is 1. The number of aryl methyl sites for hydroxylation is 1. The normalized spacial score (nSPS) is 11.0. The van der Waals surface area contributed by atoms with E-state index >= 15 is 0 Å².